The lowest BCUT2D eigenvalue weighted by atomic mass is 9.89. The fourth-order valence-electron chi connectivity index (χ4n) is 3.82. The third kappa shape index (κ3) is 1.93. The first-order valence-electron chi connectivity index (χ1n) is 7.52. The summed E-state index contributed by atoms with van der Waals surface area (Å²) in [6.07, 6.45) is 3.54. The van der Waals surface area contributed by atoms with Crippen molar-refractivity contribution in [1.82, 2.24) is 4.90 Å². The minimum absolute atomic E-state index is 0.129. The fourth-order valence-corrected chi connectivity index (χ4v) is 3.82. The monoisotopic (exact) mass is 283 g/mol. The molecular formula is C17H17NO3. The average Bonchev–Trinajstić information content (AvgIpc) is 3.10. The van der Waals surface area contributed by atoms with E-state index in [2.05, 4.69) is 0 Å². The van der Waals surface area contributed by atoms with Crippen LogP contribution >= 0.6 is 0 Å². The van der Waals surface area contributed by atoms with Crippen molar-refractivity contribution in [3.05, 3.63) is 34.9 Å². The maximum Gasteiger partial charge on any atom is 0.260 e. The van der Waals surface area contributed by atoms with Gasteiger partial charge in [0, 0.05) is 24.1 Å². The second-order valence-electron chi connectivity index (χ2n) is 6.60. The zero-order valence-corrected chi connectivity index (χ0v) is 12.0. The summed E-state index contributed by atoms with van der Waals surface area (Å²) in [4.78, 5) is 37.5. The molecule has 0 radical (unpaired) electrons. The van der Waals surface area contributed by atoms with Gasteiger partial charge < -0.3 is 0 Å². The van der Waals surface area contributed by atoms with E-state index in [-0.39, 0.29) is 29.9 Å². The molecule has 4 nitrogen and oxygen atoms in total. The second-order valence-corrected chi connectivity index (χ2v) is 6.60. The summed E-state index contributed by atoms with van der Waals surface area (Å²) >= 11 is 0. The van der Waals surface area contributed by atoms with Crippen molar-refractivity contribution in [3.8, 4) is 0 Å². The van der Waals surface area contributed by atoms with Crippen LogP contribution in [0.2, 0.25) is 0 Å². The summed E-state index contributed by atoms with van der Waals surface area (Å²) in [5.74, 6) is 1.33. The topological polar surface area (TPSA) is 54.5 Å². The summed E-state index contributed by atoms with van der Waals surface area (Å²) in [5, 5.41) is 0. The number of likely N-dealkylation sites (N-methyl/N-ethyl adjacent to an activating group) is 1. The quantitative estimate of drug-likeness (QED) is 0.617. The van der Waals surface area contributed by atoms with Gasteiger partial charge in [-0.15, -0.1) is 0 Å². The van der Waals surface area contributed by atoms with E-state index in [9.17, 15) is 14.4 Å². The van der Waals surface area contributed by atoms with Crippen LogP contribution in [0.4, 0.5) is 0 Å². The third-order valence-electron chi connectivity index (χ3n) is 5.26. The number of rotatable bonds is 2. The highest BCUT2D eigenvalue weighted by Crippen LogP contribution is 2.54. The SMILES string of the molecule is CN1C(=O)Cc2ccc(C(=O)C3CC4CC4C3)cc2C1=O. The zero-order valence-electron chi connectivity index (χ0n) is 12.0. The highest BCUT2D eigenvalue weighted by molar-refractivity contribution is 6.11. The number of Topliss-reactive ketones (excluding diaryl/α,β-unsaturated/α-hetero) is 1. The Balaban J connectivity index is 1.64. The Bertz CT molecular complexity index is 669. The van der Waals surface area contributed by atoms with Gasteiger partial charge >= 0.3 is 0 Å². The van der Waals surface area contributed by atoms with Gasteiger partial charge in [-0.05, 0) is 42.7 Å². The zero-order chi connectivity index (χ0) is 14.7. The summed E-state index contributed by atoms with van der Waals surface area (Å²) < 4.78 is 0. The molecule has 1 aromatic carbocycles. The molecule has 0 saturated heterocycles. The number of benzene rings is 1. The Kier molecular flexibility index (Phi) is 2.59. The number of ketones is 1. The van der Waals surface area contributed by atoms with E-state index in [0.29, 0.717) is 11.1 Å². The van der Waals surface area contributed by atoms with Crippen LogP contribution < -0.4 is 0 Å². The predicted octanol–water partition coefficient (Wildman–Crippen LogP) is 2.07. The number of amides is 2. The maximum absolute atomic E-state index is 12.6. The van der Waals surface area contributed by atoms with Crippen molar-refractivity contribution >= 4 is 17.6 Å². The van der Waals surface area contributed by atoms with Crippen LogP contribution in [0.3, 0.4) is 0 Å². The van der Waals surface area contributed by atoms with E-state index in [0.717, 1.165) is 35.1 Å². The van der Waals surface area contributed by atoms with E-state index in [1.165, 1.54) is 13.5 Å². The molecule has 0 aromatic heterocycles. The summed E-state index contributed by atoms with van der Waals surface area (Å²) in [6.45, 7) is 0. The molecule has 2 aliphatic carbocycles. The number of hydrogen-bond donors (Lipinski definition) is 0. The van der Waals surface area contributed by atoms with E-state index >= 15 is 0 Å². The number of hydrogen-bond acceptors (Lipinski definition) is 3. The Labute approximate surface area is 123 Å². The van der Waals surface area contributed by atoms with Crippen LogP contribution in [0.15, 0.2) is 18.2 Å². The van der Waals surface area contributed by atoms with Crippen LogP contribution in [-0.4, -0.2) is 29.5 Å². The first kappa shape index (κ1) is 12.7. The van der Waals surface area contributed by atoms with Gasteiger partial charge in [0.05, 0.1) is 6.42 Å². The van der Waals surface area contributed by atoms with Crippen LogP contribution in [0.25, 0.3) is 0 Å². The Morgan fingerprint density at radius 3 is 2.57 bits per heavy atom. The van der Waals surface area contributed by atoms with Gasteiger partial charge in [-0.1, -0.05) is 12.1 Å². The second kappa shape index (κ2) is 4.26. The van der Waals surface area contributed by atoms with E-state index in [1.807, 2.05) is 0 Å². The highest BCUT2D eigenvalue weighted by Gasteiger charge is 2.48. The number of imide groups is 1. The molecule has 0 N–H and O–H groups in total. The fraction of sp³-hybridized carbons (Fsp3) is 0.471. The molecule has 0 spiro atoms. The van der Waals surface area contributed by atoms with Crippen LogP contribution in [-0.2, 0) is 11.2 Å². The van der Waals surface area contributed by atoms with E-state index in [1.54, 1.807) is 18.2 Å². The van der Waals surface area contributed by atoms with Crippen molar-refractivity contribution < 1.29 is 14.4 Å². The summed E-state index contributed by atoms with van der Waals surface area (Å²) in [7, 11) is 1.49. The third-order valence-corrected chi connectivity index (χ3v) is 5.26. The molecule has 108 valence electrons. The predicted molar refractivity (Wildman–Crippen MR) is 75.9 cm³/mol. The highest BCUT2D eigenvalue weighted by atomic mass is 16.2. The molecule has 1 aromatic rings. The molecule has 21 heavy (non-hydrogen) atoms. The maximum atomic E-state index is 12.6. The summed E-state index contributed by atoms with van der Waals surface area (Å²) in [5.41, 5.74) is 1.86. The summed E-state index contributed by atoms with van der Waals surface area (Å²) in [6, 6.07) is 5.23. The van der Waals surface area contributed by atoms with E-state index in [4.69, 9.17) is 0 Å². The lowest BCUT2D eigenvalue weighted by Crippen LogP contribution is -2.39. The van der Waals surface area contributed by atoms with Crippen LogP contribution in [0.5, 0.6) is 0 Å². The van der Waals surface area contributed by atoms with Crippen LogP contribution in [0.1, 0.15) is 45.5 Å². The molecule has 2 unspecified atom stereocenters. The number of carbonyl (C=O) groups is 3. The molecule has 4 rings (SSSR count). The van der Waals surface area contributed by atoms with Gasteiger partial charge in [-0.25, -0.2) is 0 Å². The lowest BCUT2D eigenvalue weighted by Gasteiger charge is -2.23. The number of fused-ring (bicyclic) bond motifs is 2. The molecule has 1 aliphatic heterocycles. The minimum atomic E-state index is -0.301. The van der Waals surface area contributed by atoms with Gasteiger partial charge in [-0.3, -0.25) is 19.3 Å². The standard InChI is InChI=1S/C17H17NO3/c1-18-15(19)8-9-2-3-10(7-14(9)17(18)21)16(20)13-5-11-4-12(11)6-13/h2-3,7,11-13H,4-6,8H2,1H3. The van der Waals surface area contributed by atoms with Crippen molar-refractivity contribution in [3.63, 3.8) is 0 Å². The normalized spacial score (nSPS) is 30.1. The molecule has 0 bridgehead atoms. The molecule has 1 heterocycles. The Morgan fingerprint density at radius 1 is 1.14 bits per heavy atom. The molecule has 2 fully saturated rings. The van der Waals surface area contributed by atoms with Crippen molar-refractivity contribution in [1.29, 1.82) is 0 Å². The van der Waals surface area contributed by atoms with Crippen molar-refractivity contribution in [2.24, 2.45) is 17.8 Å². The molecule has 4 heteroatoms. The van der Waals surface area contributed by atoms with E-state index < -0.39 is 0 Å². The van der Waals surface area contributed by atoms with Gasteiger partial charge in [0.15, 0.2) is 5.78 Å². The first-order chi connectivity index (χ1) is 10.0. The number of carbonyl (C=O) groups excluding carboxylic acids is 3. The van der Waals surface area contributed by atoms with Crippen molar-refractivity contribution in [2.45, 2.75) is 25.7 Å². The molecule has 3 aliphatic rings. The average molecular weight is 283 g/mol. The lowest BCUT2D eigenvalue weighted by molar-refractivity contribution is -0.127. The largest absolute Gasteiger partial charge is 0.294 e. The van der Waals surface area contributed by atoms with Gasteiger partial charge in [0.2, 0.25) is 5.91 Å². The molecular weight excluding hydrogens is 266 g/mol. The number of nitrogens with zero attached hydrogens (tertiary/aromatic N) is 1. The van der Waals surface area contributed by atoms with Gasteiger partial charge in [-0.2, -0.15) is 0 Å². The smallest absolute Gasteiger partial charge is 0.260 e. The molecule has 2 saturated carbocycles. The Morgan fingerprint density at radius 2 is 1.86 bits per heavy atom. The molecule has 2 atom stereocenters. The minimum Gasteiger partial charge on any atom is -0.294 e. The van der Waals surface area contributed by atoms with Crippen LogP contribution in [0, 0.1) is 17.8 Å². The van der Waals surface area contributed by atoms with Gasteiger partial charge in [0.1, 0.15) is 0 Å². The van der Waals surface area contributed by atoms with Crippen molar-refractivity contribution in [2.75, 3.05) is 7.05 Å². The Hall–Kier alpha value is -1.97. The molecule has 2 amide bonds. The van der Waals surface area contributed by atoms with Gasteiger partial charge in [0.25, 0.3) is 5.91 Å². The first-order valence-corrected chi connectivity index (χ1v) is 7.52.